The Labute approximate surface area is 145 Å². The third-order valence-corrected chi connectivity index (χ3v) is 4.14. The van der Waals surface area contributed by atoms with E-state index < -0.39 is 11.0 Å². The fourth-order valence-electron chi connectivity index (χ4n) is 2.01. The van der Waals surface area contributed by atoms with Crippen LogP contribution in [0.3, 0.4) is 0 Å². The number of nitrogens with one attached hydrogen (secondary N) is 1. The molecule has 130 valence electrons. The van der Waals surface area contributed by atoms with E-state index in [0.29, 0.717) is 22.9 Å². The zero-order valence-electron chi connectivity index (χ0n) is 14.6. The maximum absolute atomic E-state index is 12.3. The van der Waals surface area contributed by atoms with Crippen LogP contribution in [-0.4, -0.2) is 24.6 Å². The number of hydrogen-bond donors (Lipinski definition) is 2. The van der Waals surface area contributed by atoms with Crippen LogP contribution in [0.2, 0.25) is 0 Å². The molecule has 0 fully saturated rings. The number of anilines is 2. The SMILES string of the molecule is C=C/C(CS(=O)Nc1ncnn2c(N)ccc12)=C(C)\C=C/C.CC. The Bertz CT molecular complexity index is 776. The monoisotopic (exact) mass is 347 g/mol. The average Bonchev–Trinajstić information content (AvgIpc) is 2.97. The highest BCUT2D eigenvalue weighted by Crippen LogP contribution is 2.18. The van der Waals surface area contributed by atoms with Gasteiger partial charge in [-0.25, -0.2) is 13.7 Å². The predicted octanol–water partition coefficient (Wildman–Crippen LogP) is 3.49. The molecule has 7 heteroatoms. The van der Waals surface area contributed by atoms with E-state index in [1.54, 1.807) is 22.7 Å². The summed E-state index contributed by atoms with van der Waals surface area (Å²) in [6, 6.07) is 3.51. The summed E-state index contributed by atoms with van der Waals surface area (Å²) in [5.41, 5.74) is 8.43. The minimum absolute atomic E-state index is 0.339. The summed E-state index contributed by atoms with van der Waals surface area (Å²) in [7, 11) is -1.33. The zero-order chi connectivity index (χ0) is 18.1. The number of nitrogens with zero attached hydrogens (tertiary/aromatic N) is 3. The van der Waals surface area contributed by atoms with Crippen LogP contribution in [0.15, 0.2) is 54.4 Å². The Morgan fingerprint density at radius 2 is 2.17 bits per heavy atom. The van der Waals surface area contributed by atoms with Crippen LogP contribution in [-0.2, 0) is 11.0 Å². The molecule has 2 aromatic rings. The molecule has 0 aliphatic carbocycles. The lowest BCUT2D eigenvalue weighted by Crippen LogP contribution is -2.13. The van der Waals surface area contributed by atoms with Gasteiger partial charge in [-0.15, -0.1) is 0 Å². The highest BCUT2D eigenvalue weighted by Gasteiger charge is 2.10. The second kappa shape index (κ2) is 9.67. The van der Waals surface area contributed by atoms with Gasteiger partial charge in [-0.3, -0.25) is 4.72 Å². The molecule has 0 aliphatic rings. The molecule has 24 heavy (non-hydrogen) atoms. The van der Waals surface area contributed by atoms with Crippen LogP contribution in [0.1, 0.15) is 27.7 Å². The summed E-state index contributed by atoms with van der Waals surface area (Å²) in [5.74, 6) is 1.32. The second-order valence-electron chi connectivity index (χ2n) is 4.67. The van der Waals surface area contributed by atoms with Crippen molar-refractivity contribution in [2.45, 2.75) is 27.7 Å². The molecule has 1 atom stereocenters. The highest BCUT2D eigenvalue weighted by molar-refractivity contribution is 7.86. The predicted molar refractivity (Wildman–Crippen MR) is 103 cm³/mol. The van der Waals surface area contributed by atoms with Crippen LogP contribution in [0.25, 0.3) is 5.52 Å². The molecule has 2 rings (SSSR count). The maximum atomic E-state index is 12.3. The first-order valence-electron chi connectivity index (χ1n) is 7.75. The van der Waals surface area contributed by atoms with Gasteiger partial charge in [0.2, 0.25) is 0 Å². The minimum Gasteiger partial charge on any atom is -0.384 e. The van der Waals surface area contributed by atoms with Gasteiger partial charge in [0, 0.05) is 0 Å². The Morgan fingerprint density at radius 1 is 1.46 bits per heavy atom. The summed E-state index contributed by atoms with van der Waals surface area (Å²) in [5, 5.41) is 4.05. The van der Waals surface area contributed by atoms with Crippen molar-refractivity contribution < 1.29 is 4.21 Å². The van der Waals surface area contributed by atoms with Crippen molar-refractivity contribution in [3.63, 3.8) is 0 Å². The van der Waals surface area contributed by atoms with E-state index in [9.17, 15) is 4.21 Å². The largest absolute Gasteiger partial charge is 0.384 e. The highest BCUT2D eigenvalue weighted by atomic mass is 32.2. The normalized spacial score (nSPS) is 13.2. The van der Waals surface area contributed by atoms with Gasteiger partial charge in [-0.05, 0) is 37.1 Å². The minimum atomic E-state index is -1.33. The van der Waals surface area contributed by atoms with Crippen molar-refractivity contribution in [2.75, 3.05) is 16.2 Å². The van der Waals surface area contributed by atoms with Crippen LogP contribution < -0.4 is 10.5 Å². The standard InChI is InChI=1S/C15H19N5OS.C2H6/c1-4-6-11(3)12(5-2)9-22(21)19-15-13-7-8-14(16)20(13)18-10-17-15;1-2/h4-8,10H,2,9,16H2,1,3H3,(H,17,18,19);1-2H3/b6-4-,12-11+;. The average molecular weight is 347 g/mol. The second-order valence-corrected chi connectivity index (χ2v) is 5.85. The first-order valence-corrected chi connectivity index (χ1v) is 9.06. The molecule has 0 spiro atoms. The van der Waals surface area contributed by atoms with E-state index in [1.807, 2.05) is 39.8 Å². The van der Waals surface area contributed by atoms with Crippen molar-refractivity contribution >= 4 is 28.1 Å². The fourth-order valence-corrected chi connectivity index (χ4v) is 3.08. The number of aromatic nitrogens is 3. The topological polar surface area (TPSA) is 85.3 Å². The molecule has 0 aromatic carbocycles. The third kappa shape index (κ3) is 4.79. The smallest absolute Gasteiger partial charge is 0.165 e. The van der Waals surface area contributed by atoms with E-state index in [4.69, 9.17) is 5.73 Å². The lowest BCUT2D eigenvalue weighted by Gasteiger charge is -2.09. The molecule has 0 radical (unpaired) electrons. The number of nitrogens with two attached hydrogens (primary N) is 1. The van der Waals surface area contributed by atoms with Crippen molar-refractivity contribution in [1.82, 2.24) is 14.6 Å². The zero-order valence-corrected chi connectivity index (χ0v) is 15.4. The van der Waals surface area contributed by atoms with E-state index in [2.05, 4.69) is 21.4 Å². The molecule has 3 N–H and O–H groups in total. The molecule has 1 unspecified atom stereocenters. The number of allylic oxidation sites excluding steroid dienone is 4. The summed E-state index contributed by atoms with van der Waals surface area (Å²) in [4.78, 5) is 4.13. The number of nitrogen functional groups attached to an aromatic ring is 1. The molecule has 0 saturated heterocycles. The summed E-state index contributed by atoms with van der Waals surface area (Å²) < 4.78 is 16.8. The van der Waals surface area contributed by atoms with E-state index in [-0.39, 0.29) is 0 Å². The van der Waals surface area contributed by atoms with Gasteiger partial charge >= 0.3 is 0 Å². The molecule has 0 amide bonds. The van der Waals surface area contributed by atoms with Gasteiger partial charge < -0.3 is 5.73 Å². The molecule has 0 aliphatic heterocycles. The van der Waals surface area contributed by atoms with Gasteiger partial charge in [0.15, 0.2) is 5.82 Å². The van der Waals surface area contributed by atoms with Crippen molar-refractivity contribution in [3.8, 4) is 0 Å². The van der Waals surface area contributed by atoms with Crippen molar-refractivity contribution in [3.05, 3.63) is 54.4 Å². The van der Waals surface area contributed by atoms with Crippen molar-refractivity contribution in [2.24, 2.45) is 0 Å². The van der Waals surface area contributed by atoms with Crippen LogP contribution in [0.4, 0.5) is 11.6 Å². The molecule has 2 heterocycles. The summed E-state index contributed by atoms with van der Waals surface area (Å²) >= 11 is 0. The quantitative estimate of drug-likeness (QED) is 0.783. The number of fused-ring (bicyclic) bond motifs is 1. The Balaban J connectivity index is 0.00000139. The lowest BCUT2D eigenvalue weighted by atomic mass is 10.1. The van der Waals surface area contributed by atoms with Gasteiger partial charge in [0.25, 0.3) is 0 Å². The molecule has 0 saturated carbocycles. The van der Waals surface area contributed by atoms with E-state index in [1.165, 1.54) is 6.33 Å². The fraction of sp³-hybridized carbons (Fsp3) is 0.294. The molecular formula is C17H25N5OS. The number of hydrogen-bond acceptors (Lipinski definition) is 4. The Morgan fingerprint density at radius 3 is 2.79 bits per heavy atom. The molecule has 0 bridgehead atoms. The van der Waals surface area contributed by atoms with Crippen LogP contribution in [0, 0.1) is 0 Å². The first-order chi connectivity index (χ1) is 11.6. The van der Waals surface area contributed by atoms with Gasteiger partial charge in [-0.2, -0.15) is 5.10 Å². The molecule has 2 aromatic heterocycles. The third-order valence-electron chi connectivity index (χ3n) is 3.15. The molecule has 6 nitrogen and oxygen atoms in total. The van der Waals surface area contributed by atoms with Gasteiger partial charge in [0.1, 0.15) is 28.6 Å². The number of rotatable bonds is 6. The maximum Gasteiger partial charge on any atom is 0.165 e. The van der Waals surface area contributed by atoms with Crippen LogP contribution >= 0.6 is 0 Å². The van der Waals surface area contributed by atoms with E-state index in [0.717, 1.165) is 11.1 Å². The summed E-state index contributed by atoms with van der Waals surface area (Å²) in [6.45, 7) is 11.7. The van der Waals surface area contributed by atoms with Crippen LogP contribution in [0.5, 0.6) is 0 Å². The Kier molecular flexibility index (Phi) is 7.91. The first kappa shape index (κ1) is 19.6. The van der Waals surface area contributed by atoms with Gasteiger partial charge in [-0.1, -0.05) is 38.7 Å². The Hall–Kier alpha value is -2.41. The molecular weight excluding hydrogens is 322 g/mol. The lowest BCUT2D eigenvalue weighted by molar-refractivity contribution is 0.687. The summed E-state index contributed by atoms with van der Waals surface area (Å²) in [6.07, 6.45) is 7.00. The van der Waals surface area contributed by atoms with Gasteiger partial charge in [0.05, 0.1) is 5.75 Å². The van der Waals surface area contributed by atoms with E-state index >= 15 is 0 Å². The van der Waals surface area contributed by atoms with Crippen molar-refractivity contribution in [1.29, 1.82) is 0 Å².